The molecule has 0 bridgehead atoms. The first-order valence-electron chi connectivity index (χ1n) is 7.11. The molecule has 110 valence electrons. The second kappa shape index (κ2) is 6.67. The van der Waals surface area contributed by atoms with Crippen molar-refractivity contribution >= 4 is 11.7 Å². The Bertz CT molecular complexity index is 477. The zero-order valence-electron chi connectivity index (χ0n) is 12.1. The van der Waals surface area contributed by atoms with E-state index < -0.39 is 0 Å². The fourth-order valence-electron chi connectivity index (χ4n) is 2.73. The molecule has 0 aliphatic carbocycles. The van der Waals surface area contributed by atoms with Gasteiger partial charge in [-0.3, -0.25) is 9.69 Å². The lowest BCUT2D eigenvalue weighted by molar-refractivity contribution is 0.0941. The molecule has 20 heavy (non-hydrogen) atoms. The Kier molecular flexibility index (Phi) is 4.92. The van der Waals surface area contributed by atoms with Gasteiger partial charge in [-0.1, -0.05) is 6.92 Å². The summed E-state index contributed by atoms with van der Waals surface area (Å²) in [6.45, 7) is 6.86. The van der Waals surface area contributed by atoms with Crippen molar-refractivity contribution in [3.05, 3.63) is 23.4 Å². The molecule has 1 aromatic rings. The summed E-state index contributed by atoms with van der Waals surface area (Å²) in [5.41, 5.74) is 3.83. The number of carbonyl (C=O) groups is 1. The van der Waals surface area contributed by atoms with E-state index in [-0.39, 0.29) is 5.91 Å². The molecule has 1 atom stereocenters. The minimum atomic E-state index is -0.0741. The summed E-state index contributed by atoms with van der Waals surface area (Å²) in [5.74, 6) is 5.78. The van der Waals surface area contributed by atoms with Crippen molar-refractivity contribution in [1.82, 2.24) is 15.2 Å². The predicted molar refractivity (Wildman–Crippen MR) is 79.4 cm³/mol. The molecule has 6 heteroatoms. The molecule has 0 radical (unpaired) electrons. The summed E-state index contributed by atoms with van der Waals surface area (Å²) in [5, 5.41) is 3.01. The number of nitrogen functional groups attached to an aromatic ring is 1. The average molecular weight is 277 g/mol. The highest BCUT2D eigenvalue weighted by Crippen LogP contribution is 2.16. The Labute approximate surface area is 119 Å². The van der Waals surface area contributed by atoms with Crippen LogP contribution in [0.4, 0.5) is 5.82 Å². The molecule has 1 unspecified atom stereocenters. The van der Waals surface area contributed by atoms with Gasteiger partial charge in [-0.25, -0.2) is 10.8 Å². The monoisotopic (exact) mass is 277 g/mol. The summed E-state index contributed by atoms with van der Waals surface area (Å²) < 4.78 is 0. The van der Waals surface area contributed by atoms with Gasteiger partial charge in [0.15, 0.2) is 0 Å². The van der Waals surface area contributed by atoms with Crippen molar-refractivity contribution in [2.24, 2.45) is 5.84 Å². The summed E-state index contributed by atoms with van der Waals surface area (Å²) in [7, 11) is 0. The van der Waals surface area contributed by atoms with Crippen molar-refractivity contribution in [1.29, 1.82) is 0 Å². The second-order valence-electron chi connectivity index (χ2n) is 5.16. The third-order valence-electron chi connectivity index (χ3n) is 3.77. The number of carbonyl (C=O) groups excluding carboxylic acids is 1. The molecule has 2 rings (SSSR count). The number of hydrogen-bond acceptors (Lipinski definition) is 5. The van der Waals surface area contributed by atoms with E-state index in [1.807, 2.05) is 6.92 Å². The number of likely N-dealkylation sites (N-methyl/N-ethyl adjacent to an activating group) is 1. The van der Waals surface area contributed by atoms with Crippen LogP contribution in [0.2, 0.25) is 0 Å². The molecule has 1 amide bonds. The van der Waals surface area contributed by atoms with E-state index in [0.717, 1.165) is 25.2 Å². The highest BCUT2D eigenvalue weighted by molar-refractivity contribution is 5.95. The molecule has 6 nitrogen and oxygen atoms in total. The minimum Gasteiger partial charge on any atom is -0.350 e. The van der Waals surface area contributed by atoms with Crippen LogP contribution in [0.5, 0.6) is 0 Å². The number of aromatic nitrogens is 1. The van der Waals surface area contributed by atoms with Gasteiger partial charge in [0.1, 0.15) is 5.82 Å². The van der Waals surface area contributed by atoms with E-state index in [9.17, 15) is 4.79 Å². The number of aryl methyl sites for hydroxylation is 1. The molecule has 1 aliphatic rings. The van der Waals surface area contributed by atoms with Crippen molar-refractivity contribution in [3.8, 4) is 0 Å². The van der Waals surface area contributed by atoms with E-state index in [2.05, 4.69) is 27.6 Å². The van der Waals surface area contributed by atoms with Gasteiger partial charge in [0, 0.05) is 23.8 Å². The quantitative estimate of drug-likeness (QED) is 0.550. The van der Waals surface area contributed by atoms with Crippen molar-refractivity contribution in [3.63, 3.8) is 0 Å². The highest BCUT2D eigenvalue weighted by Gasteiger charge is 2.23. The molecule has 2 heterocycles. The molecule has 0 aromatic carbocycles. The average Bonchev–Trinajstić information content (AvgIpc) is 2.91. The maximum absolute atomic E-state index is 12.2. The summed E-state index contributed by atoms with van der Waals surface area (Å²) in [4.78, 5) is 18.8. The van der Waals surface area contributed by atoms with Gasteiger partial charge in [-0.2, -0.15) is 0 Å². The first-order chi connectivity index (χ1) is 9.63. The van der Waals surface area contributed by atoms with Crippen LogP contribution in [0.15, 0.2) is 12.1 Å². The van der Waals surface area contributed by atoms with E-state index in [1.165, 1.54) is 6.42 Å². The van der Waals surface area contributed by atoms with Crippen molar-refractivity contribution in [2.45, 2.75) is 32.7 Å². The van der Waals surface area contributed by atoms with Crippen LogP contribution in [0.3, 0.4) is 0 Å². The molecular formula is C14H23N5O. The number of hydrazine groups is 1. The number of hydrogen-bond donors (Lipinski definition) is 3. The van der Waals surface area contributed by atoms with Gasteiger partial charge in [0.2, 0.25) is 0 Å². The van der Waals surface area contributed by atoms with Crippen LogP contribution in [-0.4, -0.2) is 41.5 Å². The third-order valence-corrected chi connectivity index (χ3v) is 3.77. The number of nitrogens with two attached hydrogens (primary N) is 1. The summed E-state index contributed by atoms with van der Waals surface area (Å²) in [6.07, 6.45) is 2.36. The van der Waals surface area contributed by atoms with E-state index in [4.69, 9.17) is 5.84 Å². The van der Waals surface area contributed by atoms with Gasteiger partial charge >= 0.3 is 0 Å². The van der Waals surface area contributed by atoms with Crippen LogP contribution in [0, 0.1) is 6.92 Å². The van der Waals surface area contributed by atoms with Crippen LogP contribution in [0.25, 0.3) is 0 Å². The SMILES string of the molecule is CCN1CCCC1CNC(=O)c1cc(C)nc(NN)c1. The smallest absolute Gasteiger partial charge is 0.251 e. The van der Waals surface area contributed by atoms with E-state index in [0.29, 0.717) is 24.0 Å². The van der Waals surface area contributed by atoms with Gasteiger partial charge in [0.25, 0.3) is 5.91 Å². The number of rotatable bonds is 5. The number of pyridine rings is 1. The Morgan fingerprint density at radius 1 is 1.55 bits per heavy atom. The predicted octanol–water partition coefficient (Wildman–Crippen LogP) is 0.890. The van der Waals surface area contributed by atoms with Crippen LogP contribution < -0.4 is 16.6 Å². The lowest BCUT2D eigenvalue weighted by Gasteiger charge is -2.22. The van der Waals surface area contributed by atoms with E-state index >= 15 is 0 Å². The lowest BCUT2D eigenvalue weighted by Crippen LogP contribution is -2.40. The molecule has 4 N–H and O–H groups in total. The summed E-state index contributed by atoms with van der Waals surface area (Å²) >= 11 is 0. The standard InChI is InChI=1S/C14H23N5O/c1-3-19-6-4-5-12(19)9-16-14(20)11-7-10(2)17-13(8-11)18-15/h7-8,12H,3-6,9,15H2,1-2H3,(H,16,20)(H,17,18). The fourth-order valence-corrected chi connectivity index (χ4v) is 2.73. The molecule has 0 saturated carbocycles. The Hall–Kier alpha value is -1.66. The molecule has 1 aromatic heterocycles. The maximum atomic E-state index is 12.2. The van der Waals surface area contributed by atoms with Crippen LogP contribution in [-0.2, 0) is 0 Å². The van der Waals surface area contributed by atoms with Gasteiger partial charge in [-0.05, 0) is 45.0 Å². The lowest BCUT2D eigenvalue weighted by atomic mass is 10.2. The first kappa shape index (κ1) is 14.7. The number of amides is 1. The van der Waals surface area contributed by atoms with Gasteiger partial charge in [-0.15, -0.1) is 0 Å². The van der Waals surface area contributed by atoms with Crippen LogP contribution >= 0.6 is 0 Å². The zero-order chi connectivity index (χ0) is 14.5. The highest BCUT2D eigenvalue weighted by atomic mass is 16.1. The van der Waals surface area contributed by atoms with Gasteiger partial charge < -0.3 is 10.7 Å². The molecule has 1 saturated heterocycles. The van der Waals surface area contributed by atoms with Crippen molar-refractivity contribution < 1.29 is 4.79 Å². The van der Waals surface area contributed by atoms with Gasteiger partial charge in [0.05, 0.1) is 0 Å². The summed E-state index contributed by atoms with van der Waals surface area (Å²) in [6, 6.07) is 3.88. The number of anilines is 1. The first-order valence-corrected chi connectivity index (χ1v) is 7.11. The largest absolute Gasteiger partial charge is 0.350 e. The zero-order valence-corrected chi connectivity index (χ0v) is 12.1. The number of nitrogens with one attached hydrogen (secondary N) is 2. The fraction of sp³-hybridized carbons (Fsp3) is 0.571. The number of nitrogens with zero attached hydrogens (tertiary/aromatic N) is 2. The molecule has 1 fully saturated rings. The second-order valence-corrected chi connectivity index (χ2v) is 5.16. The topological polar surface area (TPSA) is 83.3 Å². The molecule has 1 aliphatic heterocycles. The molecule has 0 spiro atoms. The van der Waals surface area contributed by atoms with E-state index in [1.54, 1.807) is 12.1 Å². The Morgan fingerprint density at radius 3 is 3.05 bits per heavy atom. The molecular weight excluding hydrogens is 254 g/mol. The third kappa shape index (κ3) is 3.46. The van der Waals surface area contributed by atoms with Crippen LogP contribution in [0.1, 0.15) is 35.8 Å². The van der Waals surface area contributed by atoms with Crippen molar-refractivity contribution in [2.75, 3.05) is 25.1 Å². The Morgan fingerprint density at radius 2 is 2.35 bits per heavy atom. The number of likely N-dealkylation sites (tertiary alicyclic amines) is 1. The Balaban J connectivity index is 1.96. The maximum Gasteiger partial charge on any atom is 0.251 e. The normalized spacial score (nSPS) is 19.1. The minimum absolute atomic E-state index is 0.0741.